The van der Waals surface area contributed by atoms with Crippen molar-refractivity contribution in [2.75, 3.05) is 6.61 Å². The molecular weight excluding hydrogens is 232 g/mol. The third kappa shape index (κ3) is 4.75. The summed E-state index contributed by atoms with van der Waals surface area (Å²) in [7, 11) is -1.05. The molecule has 0 unspecified atom stereocenters. The van der Waals surface area contributed by atoms with Crippen LogP contribution in [0.15, 0.2) is 23.3 Å². The van der Waals surface area contributed by atoms with Crippen molar-refractivity contribution < 1.29 is 4.74 Å². The largest absolute Gasteiger partial charge is 0.361 e. The summed E-state index contributed by atoms with van der Waals surface area (Å²) >= 11 is 0. The van der Waals surface area contributed by atoms with Gasteiger partial charge in [-0.25, -0.2) is 4.79 Å². The van der Waals surface area contributed by atoms with Crippen molar-refractivity contribution in [3.8, 4) is 0 Å². The summed E-state index contributed by atoms with van der Waals surface area (Å²) in [5, 5.41) is 0. The van der Waals surface area contributed by atoms with Gasteiger partial charge < -0.3 is 4.74 Å². The van der Waals surface area contributed by atoms with Gasteiger partial charge in [0.15, 0.2) is 0 Å². The van der Waals surface area contributed by atoms with E-state index in [1.165, 1.54) is 0 Å². The first kappa shape index (κ1) is 14.0. The Morgan fingerprint density at radius 1 is 1.35 bits per heavy atom. The quantitative estimate of drug-likeness (QED) is 0.577. The fraction of sp³-hybridized carbons (Fsp3) is 0.583. The molecule has 0 aromatic carbocycles. The van der Waals surface area contributed by atoms with Crippen molar-refractivity contribution >= 4 is 14.3 Å². The number of hydrogen-bond donors (Lipinski definition) is 0. The van der Waals surface area contributed by atoms with Crippen LogP contribution in [0.4, 0.5) is 0 Å². The van der Waals surface area contributed by atoms with Crippen LogP contribution in [0.2, 0.25) is 25.7 Å². The second kappa shape index (κ2) is 6.02. The molecule has 0 radical (unpaired) electrons. The summed E-state index contributed by atoms with van der Waals surface area (Å²) in [6.45, 7) is 9.89. The van der Waals surface area contributed by atoms with Crippen LogP contribution < -0.4 is 5.69 Å². The number of aromatic nitrogens is 2. The lowest BCUT2D eigenvalue weighted by Crippen LogP contribution is -2.25. The lowest BCUT2D eigenvalue weighted by molar-refractivity contribution is 0.0848. The Bertz CT molecular complexity index is 426. The van der Waals surface area contributed by atoms with Crippen LogP contribution in [0.3, 0.4) is 0 Å². The molecular formula is C12H22N2O2Si. The van der Waals surface area contributed by atoms with E-state index in [0.29, 0.717) is 6.73 Å². The van der Waals surface area contributed by atoms with Gasteiger partial charge in [0.05, 0.1) is 0 Å². The van der Waals surface area contributed by atoms with Crippen molar-refractivity contribution in [1.29, 1.82) is 0 Å². The van der Waals surface area contributed by atoms with E-state index in [1.807, 2.05) is 13.0 Å². The molecule has 5 heteroatoms. The van der Waals surface area contributed by atoms with Gasteiger partial charge in [0, 0.05) is 33.3 Å². The van der Waals surface area contributed by atoms with E-state index in [0.717, 1.165) is 12.7 Å². The molecule has 0 saturated heterocycles. The highest BCUT2D eigenvalue weighted by Gasteiger charge is 2.12. The van der Waals surface area contributed by atoms with Crippen molar-refractivity contribution in [2.24, 2.45) is 0 Å². The maximum Gasteiger partial charge on any atom is 0.334 e. The van der Waals surface area contributed by atoms with Crippen molar-refractivity contribution in [3.63, 3.8) is 0 Å². The van der Waals surface area contributed by atoms with Crippen LogP contribution in [0.5, 0.6) is 0 Å². The highest BCUT2D eigenvalue weighted by molar-refractivity contribution is 6.76. The van der Waals surface area contributed by atoms with Gasteiger partial charge >= 0.3 is 5.69 Å². The summed E-state index contributed by atoms with van der Waals surface area (Å²) in [6, 6.07) is 1.12. The van der Waals surface area contributed by atoms with Crippen molar-refractivity contribution in [3.05, 3.63) is 29.0 Å². The van der Waals surface area contributed by atoms with Gasteiger partial charge in [-0.05, 0) is 13.0 Å². The Hall–Kier alpha value is -1.07. The molecule has 0 fully saturated rings. The first-order valence-corrected chi connectivity index (χ1v) is 9.62. The number of allylic oxidation sites excluding steroid dienone is 1. The minimum Gasteiger partial charge on any atom is -0.361 e. The van der Waals surface area contributed by atoms with E-state index in [9.17, 15) is 4.79 Å². The van der Waals surface area contributed by atoms with E-state index in [1.54, 1.807) is 27.7 Å². The van der Waals surface area contributed by atoms with Crippen molar-refractivity contribution in [2.45, 2.75) is 39.3 Å². The summed E-state index contributed by atoms with van der Waals surface area (Å²) in [6.07, 6.45) is 7.06. The normalized spacial score (nSPS) is 12.5. The molecule has 1 aromatic rings. The average molecular weight is 254 g/mol. The number of hydrogen-bond acceptors (Lipinski definition) is 2. The van der Waals surface area contributed by atoms with Gasteiger partial charge in [0.2, 0.25) is 0 Å². The van der Waals surface area contributed by atoms with Crippen molar-refractivity contribution in [1.82, 2.24) is 9.13 Å². The fourth-order valence-corrected chi connectivity index (χ4v) is 2.10. The van der Waals surface area contributed by atoms with E-state index in [2.05, 4.69) is 19.6 Å². The minimum atomic E-state index is -1.05. The molecule has 0 bridgehead atoms. The van der Waals surface area contributed by atoms with E-state index in [-0.39, 0.29) is 5.69 Å². The number of rotatable bonds is 6. The molecule has 0 aliphatic heterocycles. The summed E-state index contributed by atoms with van der Waals surface area (Å²) in [4.78, 5) is 11.8. The molecule has 0 spiro atoms. The van der Waals surface area contributed by atoms with E-state index >= 15 is 0 Å². The lowest BCUT2D eigenvalue weighted by Gasteiger charge is -2.15. The van der Waals surface area contributed by atoms with Gasteiger partial charge in [-0.1, -0.05) is 25.7 Å². The zero-order valence-corrected chi connectivity index (χ0v) is 12.1. The molecule has 0 saturated carbocycles. The summed E-state index contributed by atoms with van der Waals surface area (Å²) < 4.78 is 8.65. The molecule has 17 heavy (non-hydrogen) atoms. The maximum atomic E-state index is 11.8. The Balaban J connectivity index is 2.45. The highest BCUT2D eigenvalue weighted by Crippen LogP contribution is 2.07. The first-order valence-electron chi connectivity index (χ1n) is 5.92. The molecule has 1 aromatic heterocycles. The monoisotopic (exact) mass is 254 g/mol. The molecule has 0 amide bonds. The van der Waals surface area contributed by atoms with E-state index < -0.39 is 8.07 Å². The molecule has 0 N–H and O–H groups in total. The minimum absolute atomic E-state index is 0.0592. The Morgan fingerprint density at radius 2 is 2.06 bits per heavy atom. The predicted octanol–water partition coefficient (Wildman–Crippen LogP) is 2.45. The standard InChI is InChI=1S/C12H22N2O2Si/c1-5-6-13-7-8-14(12(13)15)11-16-9-10-17(2,3)4/h5-8H,9-11H2,1-4H3/b6-5+. The second-order valence-electron chi connectivity index (χ2n) is 5.29. The zero-order chi connectivity index (χ0) is 12.9. The fourth-order valence-electron chi connectivity index (χ4n) is 1.34. The van der Waals surface area contributed by atoms with Gasteiger partial charge in [0.1, 0.15) is 6.73 Å². The Kier molecular flexibility index (Phi) is 4.96. The molecule has 0 atom stereocenters. The van der Waals surface area contributed by atoms with Gasteiger partial charge in [-0.15, -0.1) is 0 Å². The number of ether oxygens (including phenoxy) is 1. The van der Waals surface area contributed by atoms with Crippen LogP contribution in [0, 0.1) is 0 Å². The average Bonchev–Trinajstić information content (AvgIpc) is 2.55. The van der Waals surface area contributed by atoms with Crippen LogP contribution in [-0.4, -0.2) is 23.8 Å². The highest BCUT2D eigenvalue weighted by atomic mass is 28.3. The molecule has 0 aliphatic carbocycles. The Labute approximate surface area is 104 Å². The van der Waals surface area contributed by atoms with Crippen LogP contribution >= 0.6 is 0 Å². The predicted molar refractivity (Wildman–Crippen MR) is 73.8 cm³/mol. The van der Waals surface area contributed by atoms with Gasteiger partial charge in [-0.2, -0.15) is 0 Å². The maximum absolute atomic E-state index is 11.8. The molecule has 1 rings (SSSR count). The molecule has 96 valence electrons. The van der Waals surface area contributed by atoms with Crippen LogP contribution in [-0.2, 0) is 11.5 Å². The second-order valence-corrected chi connectivity index (χ2v) is 10.9. The van der Waals surface area contributed by atoms with Crippen LogP contribution in [0.1, 0.15) is 6.92 Å². The SMILES string of the molecule is C/C=C/n1ccn(COCC[Si](C)(C)C)c1=O. The third-order valence-corrected chi connectivity index (χ3v) is 4.11. The van der Waals surface area contributed by atoms with Crippen LogP contribution in [0.25, 0.3) is 6.20 Å². The first-order chi connectivity index (χ1) is 7.94. The summed E-state index contributed by atoms with van der Waals surface area (Å²) in [5.74, 6) is 0. The molecule has 4 nitrogen and oxygen atoms in total. The number of imidazole rings is 1. The lowest BCUT2D eigenvalue weighted by atomic mass is 10.7. The number of nitrogens with zero attached hydrogens (tertiary/aromatic N) is 2. The molecule has 0 aliphatic rings. The zero-order valence-electron chi connectivity index (χ0n) is 11.1. The smallest absolute Gasteiger partial charge is 0.334 e. The topological polar surface area (TPSA) is 36.2 Å². The third-order valence-electron chi connectivity index (χ3n) is 2.41. The summed E-state index contributed by atoms with van der Waals surface area (Å²) in [5.41, 5.74) is -0.0592. The van der Waals surface area contributed by atoms with E-state index in [4.69, 9.17) is 4.74 Å². The Morgan fingerprint density at radius 3 is 2.65 bits per heavy atom. The van der Waals surface area contributed by atoms with Gasteiger partial charge in [-0.3, -0.25) is 9.13 Å². The van der Waals surface area contributed by atoms with Gasteiger partial charge in [0.25, 0.3) is 0 Å². The molecule has 1 heterocycles.